The van der Waals surface area contributed by atoms with E-state index in [0.29, 0.717) is 13.1 Å². The van der Waals surface area contributed by atoms with E-state index in [-0.39, 0.29) is 25.6 Å². The van der Waals surface area contributed by atoms with E-state index in [9.17, 15) is 5.11 Å². The molecule has 0 heterocycles. The van der Waals surface area contributed by atoms with Crippen molar-refractivity contribution >= 4 is 18.1 Å². The number of aliphatic hydroxyl groups excluding tert-OH is 2. The average molecular weight is 324 g/mol. The second-order valence-electron chi connectivity index (χ2n) is 4.78. The Labute approximate surface area is 137 Å². The van der Waals surface area contributed by atoms with E-state index < -0.39 is 6.10 Å². The zero-order valence-corrected chi connectivity index (χ0v) is 13.2. The molecule has 0 saturated heterocycles. The number of rotatable bonds is 8. The predicted octanol–water partition coefficient (Wildman–Crippen LogP) is 2.35. The van der Waals surface area contributed by atoms with Gasteiger partial charge in [0.25, 0.3) is 0 Å². The van der Waals surface area contributed by atoms with Crippen LogP contribution in [0.25, 0.3) is 0 Å². The Kier molecular flexibility index (Phi) is 8.36. The molecule has 0 radical (unpaired) electrons. The largest absolute Gasteiger partial charge is 0.491 e. The Balaban J connectivity index is 0.00000242. The molecule has 2 aromatic carbocycles. The van der Waals surface area contributed by atoms with E-state index in [0.717, 1.165) is 11.4 Å². The maximum Gasteiger partial charge on any atom is 0.119 e. The Morgan fingerprint density at radius 3 is 2.14 bits per heavy atom. The molecule has 0 aliphatic carbocycles. The van der Waals surface area contributed by atoms with Crippen molar-refractivity contribution in [1.29, 1.82) is 0 Å². The maximum atomic E-state index is 10.1. The van der Waals surface area contributed by atoms with Crippen LogP contribution in [0.3, 0.4) is 0 Å². The summed E-state index contributed by atoms with van der Waals surface area (Å²) in [6.45, 7) is 1.16. The van der Waals surface area contributed by atoms with Crippen molar-refractivity contribution in [2.24, 2.45) is 0 Å². The molecule has 0 spiro atoms. The minimum Gasteiger partial charge on any atom is -0.491 e. The standard InChI is InChI=1S/C17H21NO3.ClH/c19-12-11-18(15-7-3-1-4-8-15)13-16(20)14-21-17-9-5-2-6-10-17;/h1-10,16,19-20H,11-14H2;1H. The maximum absolute atomic E-state index is 10.1. The van der Waals surface area contributed by atoms with Crippen LogP contribution in [0.2, 0.25) is 0 Å². The second-order valence-corrected chi connectivity index (χ2v) is 4.78. The van der Waals surface area contributed by atoms with Gasteiger partial charge in [-0.05, 0) is 24.3 Å². The fourth-order valence-electron chi connectivity index (χ4n) is 2.10. The summed E-state index contributed by atoms with van der Waals surface area (Å²) in [4.78, 5) is 1.94. The molecule has 2 N–H and O–H groups in total. The van der Waals surface area contributed by atoms with Crippen LogP contribution in [-0.2, 0) is 0 Å². The smallest absolute Gasteiger partial charge is 0.119 e. The van der Waals surface area contributed by atoms with Crippen LogP contribution in [0.1, 0.15) is 0 Å². The Morgan fingerprint density at radius 1 is 0.955 bits per heavy atom. The van der Waals surface area contributed by atoms with Gasteiger partial charge in [-0.15, -0.1) is 12.4 Å². The lowest BCUT2D eigenvalue weighted by Gasteiger charge is -2.26. The van der Waals surface area contributed by atoms with Gasteiger partial charge < -0.3 is 19.8 Å². The minimum atomic E-state index is -0.628. The Bertz CT molecular complexity index is 510. The molecular weight excluding hydrogens is 302 g/mol. The number of anilines is 1. The first kappa shape index (κ1) is 18.3. The summed E-state index contributed by atoms with van der Waals surface area (Å²) < 4.78 is 5.54. The summed E-state index contributed by atoms with van der Waals surface area (Å²) in [6.07, 6.45) is -0.628. The second kappa shape index (κ2) is 10.1. The van der Waals surface area contributed by atoms with Gasteiger partial charge in [0.2, 0.25) is 0 Å². The van der Waals surface area contributed by atoms with Gasteiger partial charge in [0.05, 0.1) is 6.61 Å². The molecule has 2 aromatic rings. The number of aliphatic hydroxyl groups is 2. The van der Waals surface area contributed by atoms with Crippen molar-refractivity contribution in [3.05, 3.63) is 60.7 Å². The van der Waals surface area contributed by atoms with E-state index >= 15 is 0 Å². The number of benzene rings is 2. The molecule has 0 aliphatic heterocycles. The third-order valence-corrected chi connectivity index (χ3v) is 3.11. The summed E-state index contributed by atoms with van der Waals surface area (Å²) in [6, 6.07) is 19.1. The number of hydrogen-bond donors (Lipinski definition) is 2. The van der Waals surface area contributed by atoms with Gasteiger partial charge in [0, 0.05) is 18.8 Å². The van der Waals surface area contributed by atoms with E-state index in [4.69, 9.17) is 9.84 Å². The van der Waals surface area contributed by atoms with Gasteiger partial charge in [-0.25, -0.2) is 0 Å². The highest BCUT2D eigenvalue weighted by atomic mass is 35.5. The summed E-state index contributed by atoms with van der Waals surface area (Å²) in [7, 11) is 0. The zero-order valence-electron chi connectivity index (χ0n) is 12.3. The molecule has 0 aromatic heterocycles. The molecule has 5 heteroatoms. The van der Waals surface area contributed by atoms with E-state index in [1.165, 1.54) is 0 Å². The van der Waals surface area contributed by atoms with Crippen LogP contribution >= 0.6 is 12.4 Å². The average Bonchev–Trinajstić information content (AvgIpc) is 2.54. The van der Waals surface area contributed by atoms with Crippen LogP contribution < -0.4 is 9.64 Å². The van der Waals surface area contributed by atoms with Crippen molar-refractivity contribution in [3.8, 4) is 5.75 Å². The van der Waals surface area contributed by atoms with Gasteiger partial charge in [-0.2, -0.15) is 0 Å². The summed E-state index contributed by atoms with van der Waals surface area (Å²) in [5, 5.41) is 19.3. The molecule has 0 amide bonds. The molecule has 0 saturated carbocycles. The highest BCUT2D eigenvalue weighted by molar-refractivity contribution is 5.85. The van der Waals surface area contributed by atoms with Crippen LogP contribution in [0, 0.1) is 0 Å². The third kappa shape index (κ3) is 5.93. The first-order valence-electron chi connectivity index (χ1n) is 7.06. The number of halogens is 1. The van der Waals surface area contributed by atoms with E-state index in [1.807, 2.05) is 65.6 Å². The van der Waals surface area contributed by atoms with Crippen molar-refractivity contribution < 1.29 is 14.9 Å². The first-order valence-corrected chi connectivity index (χ1v) is 7.06. The molecule has 1 unspecified atom stereocenters. The monoisotopic (exact) mass is 323 g/mol. The van der Waals surface area contributed by atoms with Crippen molar-refractivity contribution in [3.63, 3.8) is 0 Å². The molecule has 0 fully saturated rings. The van der Waals surface area contributed by atoms with Crippen molar-refractivity contribution in [2.75, 3.05) is 31.2 Å². The summed E-state index contributed by atoms with van der Waals surface area (Å²) >= 11 is 0. The minimum absolute atomic E-state index is 0. The highest BCUT2D eigenvalue weighted by Gasteiger charge is 2.12. The van der Waals surface area contributed by atoms with Crippen LogP contribution in [0.4, 0.5) is 5.69 Å². The lowest BCUT2D eigenvalue weighted by atomic mass is 10.2. The molecule has 4 nitrogen and oxygen atoms in total. The summed E-state index contributed by atoms with van der Waals surface area (Å²) in [5.74, 6) is 0.741. The van der Waals surface area contributed by atoms with E-state index in [1.54, 1.807) is 0 Å². The number of nitrogens with zero attached hydrogens (tertiary/aromatic N) is 1. The Morgan fingerprint density at radius 2 is 1.55 bits per heavy atom. The first-order chi connectivity index (χ1) is 10.3. The number of ether oxygens (including phenoxy) is 1. The quantitative estimate of drug-likeness (QED) is 0.783. The van der Waals surface area contributed by atoms with Crippen molar-refractivity contribution in [2.45, 2.75) is 6.10 Å². The van der Waals surface area contributed by atoms with Crippen LogP contribution in [-0.4, -0.2) is 42.6 Å². The van der Waals surface area contributed by atoms with Gasteiger partial charge in [0.15, 0.2) is 0 Å². The topological polar surface area (TPSA) is 52.9 Å². The normalized spacial score (nSPS) is 11.4. The van der Waals surface area contributed by atoms with E-state index in [2.05, 4.69) is 0 Å². The predicted molar refractivity (Wildman–Crippen MR) is 90.9 cm³/mol. The van der Waals surface area contributed by atoms with Crippen LogP contribution in [0.5, 0.6) is 5.75 Å². The third-order valence-electron chi connectivity index (χ3n) is 3.11. The molecular formula is C17H22ClNO3. The van der Waals surface area contributed by atoms with Gasteiger partial charge in [-0.3, -0.25) is 0 Å². The highest BCUT2D eigenvalue weighted by Crippen LogP contribution is 2.14. The molecule has 1 atom stereocenters. The zero-order chi connectivity index (χ0) is 14.9. The molecule has 120 valence electrons. The van der Waals surface area contributed by atoms with Gasteiger partial charge >= 0.3 is 0 Å². The summed E-state index contributed by atoms with van der Waals surface area (Å²) in [5.41, 5.74) is 0.977. The fraction of sp³-hybridized carbons (Fsp3) is 0.294. The Hall–Kier alpha value is -1.75. The SMILES string of the molecule is Cl.OCCN(CC(O)COc1ccccc1)c1ccccc1. The molecule has 0 bridgehead atoms. The molecule has 0 aliphatic rings. The lowest BCUT2D eigenvalue weighted by molar-refractivity contribution is 0.111. The van der Waals surface area contributed by atoms with Crippen molar-refractivity contribution in [1.82, 2.24) is 0 Å². The van der Waals surface area contributed by atoms with Crippen LogP contribution in [0.15, 0.2) is 60.7 Å². The number of hydrogen-bond acceptors (Lipinski definition) is 4. The number of para-hydroxylation sites is 2. The fourth-order valence-corrected chi connectivity index (χ4v) is 2.10. The lowest BCUT2D eigenvalue weighted by Crippen LogP contribution is -2.37. The van der Waals surface area contributed by atoms with Gasteiger partial charge in [-0.1, -0.05) is 36.4 Å². The van der Waals surface area contributed by atoms with Gasteiger partial charge in [0.1, 0.15) is 18.5 Å². The molecule has 22 heavy (non-hydrogen) atoms. The molecule has 2 rings (SSSR count).